The summed E-state index contributed by atoms with van der Waals surface area (Å²) in [5.74, 6) is -1.67. The zero-order chi connectivity index (χ0) is 26.0. The first-order valence-electron chi connectivity index (χ1n) is 10.4. The van der Waals surface area contributed by atoms with Crippen LogP contribution in [0.2, 0.25) is 0 Å². The molecule has 0 radical (unpaired) electrons. The number of rotatable bonds is 8. The third-order valence-electron chi connectivity index (χ3n) is 5.30. The zero-order valence-electron chi connectivity index (χ0n) is 18.7. The van der Waals surface area contributed by atoms with E-state index in [0.29, 0.717) is 28.0 Å². The number of sulfonamides is 1. The maximum Gasteiger partial charge on any atom is 0.433 e. The van der Waals surface area contributed by atoms with E-state index < -0.39 is 33.5 Å². The number of benzene rings is 2. The van der Waals surface area contributed by atoms with Gasteiger partial charge in [-0.05, 0) is 66.4 Å². The van der Waals surface area contributed by atoms with Crippen molar-refractivity contribution in [2.75, 3.05) is 11.0 Å². The second-order valence-corrected chi connectivity index (χ2v) is 10.3. The molecule has 3 aromatic rings. The minimum Gasteiger partial charge on any atom is -0.281 e. The molecule has 3 rings (SSSR count). The number of hydrogen-bond donors (Lipinski definition) is 1. The van der Waals surface area contributed by atoms with E-state index in [1.807, 2.05) is 0 Å². The highest BCUT2D eigenvalue weighted by atomic mass is 32.2. The fourth-order valence-electron chi connectivity index (χ4n) is 3.45. The van der Waals surface area contributed by atoms with Gasteiger partial charge >= 0.3 is 6.18 Å². The molecule has 0 amide bonds. The number of pyridine rings is 1. The van der Waals surface area contributed by atoms with Crippen LogP contribution in [0.15, 0.2) is 54.6 Å². The van der Waals surface area contributed by atoms with Crippen LogP contribution in [0.3, 0.4) is 0 Å². The van der Waals surface area contributed by atoms with Gasteiger partial charge in [0.2, 0.25) is 10.0 Å². The highest BCUT2D eigenvalue weighted by molar-refractivity contribution is 7.92. The lowest BCUT2D eigenvalue weighted by Crippen LogP contribution is -2.13. The average molecular weight is 529 g/mol. The molecule has 0 fully saturated rings. The lowest BCUT2D eigenvalue weighted by molar-refractivity contribution is -0.141. The predicted molar refractivity (Wildman–Crippen MR) is 129 cm³/mol. The minimum absolute atomic E-state index is 0.0810. The van der Waals surface area contributed by atoms with Crippen LogP contribution in [-0.4, -0.2) is 24.5 Å². The van der Waals surface area contributed by atoms with Crippen LogP contribution in [0.5, 0.6) is 0 Å². The second kappa shape index (κ2) is 10.4. The molecule has 1 atom stereocenters. The molecule has 0 saturated carbocycles. The first-order chi connectivity index (χ1) is 16.2. The molecule has 0 aliphatic rings. The van der Waals surface area contributed by atoms with Gasteiger partial charge < -0.3 is 0 Å². The quantitative estimate of drug-likeness (QED) is 0.267. The number of hydrogen-bond acceptors (Lipinski definition) is 4. The Balaban J connectivity index is 1.81. The Bertz CT molecular complexity index is 1340. The van der Waals surface area contributed by atoms with E-state index in [1.165, 1.54) is 30.3 Å². The Labute approximate surface area is 205 Å². The molecular weight excluding hydrogens is 507 g/mol. The van der Waals surface area contributed by atoms with Gasteiger partial charge in [-0.15, -0.1) is 0 Å². The molecule has 1 aromatic heterocycles. The van der Waals surface area contributed by atoms with Crippen LogP contribution < -0.4 is 4.72 Å². The van der Waals surface area contributed by atoms with E-state index in [9.17, 15) is 30.4 Å². The first kappa shape index (κ1) is 26.7. The Morgan fingerprint density at radius 3 is 2.29 bits per heavy atom. The Morgan fingerprint density at radius 2 is 1.71 bits per heavy atom. The second-order valence-electron chi connectivity index (χ2n) is 8.01. The SMILES string of the molecule is CC(C(=S)CCc1ccc(C(F)(F)F)nc1-c1ccc(F)cc1)c1ccc(NS(C)(=O)=O)c(F)c1. The summed E-state index contributed by atoms with van der Waals surface area (Å²) in [7, 11) is -3.64. The van der Waals surface area contributed by atoms with Gasteiger partial charge in [0, 0.05) is 16.3 Å². The van der Waals surface area contributed by atoms with Crippen LogP contribution in [-0.2, 0) is 22.6 Å². The lowest BCUT2D eigenvalue weighted by Gasteiger charge is -2.17. The highest BCUT2D eigenvalue weighted by Crippen LogP contribution is 2.32. The topological polar surface area (TPSA) is 59.1 Å². The monoisotopic (exact) mass is 528 g/mol. The van der Waals surface area contributed by atoms with Crippen molar-refractivity contribution in [1.29, 1.82) is 0 Å². The summed E-state index contributed by atoms with van der Waals surface area (Å²) in [6, 6.07) is 11.3. The van der Waals surface area contributed by atoms with E-state index in [-0.39, 0.29) is 23.7 Å². The van der Waals surface area contributed by atoms with Crippen molar-refractivity contribution in [3.05, 3.63) is 83.1 Å². The molecule has 0 aliphatic heterocycles. The molecule has 0 bridgehead atoms. The van der Waals surface area contributed by atoms with Gasteiger partial charge in [0.25, 0.3) is 0 Å². The van der Waals surface area contributed by atoms with Crippen molar-refractivity contribution in [2.45, 2.75) is 31.9 Å². The lowest BCUT2D eigenvalue weighted by atomic mass is 9.92. The highest BCUT2D eigenvalue weighted by Gasteiger charge is 2.33. The largest absolute Gasteiger partial charge is 0.433 e. The molecule has 4 nitrogen and oxygen atoms in total. The number of thiocarbonyl (C=S) groups is 1. The van der Waals surface area contributed by atoms with Crippen molar-refractivity contribution in [2.24, 2.45) is 0 Å². The summed E-state index contributed by atoms with van der Waals surface area (Å²) in [6.07, 6.45) is -3.17. The molecule has 0 saturated heterocycles. The van der Waals surface area contributed by atoms with Crippen LogP contribution in [0, 0.1) is 11.6 Å². The molecular formula is C24H21F5N2O2S2. The number of alkyl halides is 3. The number of aromatic nitrogens is 1. The summed E-state index contributed by atoms with van der Waals surface area (Å²) in [6.45, 7) is 1.76. The number of nitrogens with zero attached hydrogens (tertiary/aromatic N) is 1. The molecule has 1 heterocycles. The number of aryl methyl sites for hydroxylation is 1. The van der Waals surface area contributed by atoms with Crippen molar-refractivity contribution in [3.8, 4) is 11.3 Å². The molecule has 0 aliphatic carbocycles. The van der Waals surface area contributed by atoms with Gasteiger partial charge in [0.1, 0.15) is 17.3 Å². The van der Waals surface area contributed by atoms with Gasteiger partial charge in [0.15, 0.2) is 0 Å². The molecule has 35 heavy (non-hydrogen) atoms. The fourth-order valence-corrected chi connectivity index (χ4v) is 4.25. The van der Waals surface area contributed by atoms with Crippen molar-refractivity contribution in [3.63, 3.8) is 0 Å². The number of nitrogens with one attached hydrogen (secondary N) is 1. The van der Waals surface area contributed by atoms with Crippen LogP contribution >= 0.6 is 12.2 Å². The maximum atomic E-state index is 14.4. The zero-order valence-corrected chi connectivity index (χ0v) is 20.3. The van der Waals surface area contributed by atoms with E-state index in [1.54, 1.807) is 13.0 Å². The summed E-state index contributed by atoms with van der Waals surface area (Å²) in [5, 5.41) is 0. The predicted octanol–water partition coefficient (Wildman–Crippen LogP) is 6.52. The first-order valence-corrected chi connectivity index (χ1v) is 12.7. The fraction of sp³-hybridized carbons (Fsp3) is 0.250. The smallest absolute Gasteiger partial charge is 0.281 e. The van der Waals surface area contributed by atoms with Crippen LogP contribution in [0.4, 0.5) is 27.6 Å². The van der Waals surface area contributed by atoms with Crippen molar-refractivity contribution < 1.29 is 30.4 Å². The third kappa shape index (κ3) is 7.04. The van der Waals surface area contributed by atoms with Crippen molar-refractivity contribution >= 4 is 32.8 Å². The summed E-state index contributed by atoms with van der Waals surface area (Å²) in [4.78, 5) is 4.31. The standard InChI is InChI=1S/C24H21F5N2O2S2/c1-14(17-5-10-20(19(26)13-17)31-35(2,32)33)21(34)11-6-16-7-12-22(24(27,28)29)30-23(16)15-3-8-18(25)9-4-15/h3-5,7-10,12-14,31H,6,11H2,1-2H3. The molecule has 2 aromatic carbocycles. The van der Waals surface area contributed by atoms with Gasteiger partial charge in [0.05, 0.1) is 17.6 Å². The van der Waals surface area contributed by atoms with E-state index >= 15 is 0 Å². The van der Waals surface area contributed by atoms with Gasteiger partial charge in [-0.3, -0.25) is 4.72 Å². The van der Waals surface area contributed by atoms with E-state index in [0.717, 1.165) is 24.5 Å². The molecule has 11 heteroatoms. The summed E-state index contributed by atoms with van der Waals surface area (Å²) >= 11 is 5.50. The molecule has 1 N–H and O–H groups in total. The Morgan fingerprint density at radius 1 is 1.06 bits per heavy atom. The average Bonchev–Trinajstić information content (AvgIpc) is 2.77. The molecule has 186 valence electrons. The minimum atomic E-state index is -4.64. The van der Waals surface area contributed by atoms with Gasteiger partial charge in [-0.1, -0.05) is 31.3 Å². The molecule has 1 unspecified atom stereocenters. The normalized spacial score (nSPS) is 12.9. The number of halogens is 5. The maximum absolute atomic E-state index is 14.4. The van der Waals surface area contributed by atoms with Crippen LogP contribution in [0.25, 0.3) is 11.3 Å². The molecule has 0 spiro atoms. The van der Waals surface area contributed by atoms with Gasteiger partial charge in [-0.25, -0.2) is 22.2 Å². The van der Waals surface area contributed by atoms with Gasteiger partial charge in [-0.2, -0.15) is 13.2 Å². The Hall–Kier alpha value is -2.92. The van der Waals surface area contributed by atoms with Crippen molar-refractivity contribution in [1.82, 2.24) is 4.98 Å². The Kier molecular flexibility index (Phi) is 7.90. The van der Waals surface area contributed by atoms with E-state index in [4.69, 9.17) is 12.2 Å². The third-order valence-corrected chi connectivity index (χ3v) is 6.45. The summed E-state index contributed by atoms with van der Waals surface area (Å²) < 4.78 is 92.1. The number of anilines is 1. The van der Waals surface area contributed by atoms with E-state index in [2.05, 4.69) is 9.71 Å². The van der Waals surface area contributed by atoms with Crippen LogP contribution in [0.1, 0.15) is 36.1 Å². The summed E-state index contributed by atoms with van der Waals surface area (Å²) in [5.41, 5.74) is 0.192.